The van der Waals surface area contributed by atoms with E-state index in [2.05, 4.69) is 6.92 Å². The van der Waals surface area contributed by atoms with Gasteiger partial charge in [0.15, 0.2) is 0 Å². The predicted octanol–water partition coefficient (Wildman–Crippen LogP) is 0.406. The molecule has 1 nitrogen and oxygen atoms in total. The van der Waals surface area contributed by atoms with E-state index in [1.807, 2.05) is 0 Å². The summed E-state index contributed by atoms with van der Waals surface area (Å²) in [7, 11) is 0. The van der Waals surface area contributed by atoms with Crippen LogP contribution >= 0.6 is 0 Å². The molecule has 0 aliphatic rings. The molecule has 30 valence electrons. The fourth-order valence-corrected chi connectivity index (χ4v) is 0. The molecule has 0 spiro atoms. The van der Waals surface area contributed by atoms with E-state index in [4.69, 9.17) is 5.11 Å². The van der Waals surface area contributed by atoms with Gasteiger partial charge in [0, 0.05) is 0 Å². The molecule has 0 fully saturated rings. The van der Waals surface area contributed by atoms with Crippen LogP contribution in [0.5, 0.6) is 0 Å². The quantitative estimate of drug-likeness (QED) is 0.475. The molecule has 0 saturated heterocycles. The fraction of sp³-hybridized carbons (Fsp3) is 0.500. The molecule has 5 heavy (non-hydrogen) atoms. The molecule has 0 aromatic rings. The van der Waals surface area contributed by atoms with Crippen LogP contribution in [-0.4, -0.2) is 11.2 Å². The maximum Gasteiger partial charge on any atom is 0.0570 e. The summed E-state index contributed by atoms with van der Waals surface area (Å²) in [6, 6.07) is 0. The molecular formula is C4H8O. The van der Waals surface area contributed by atoms with Gasteiger partial charge in [0.1, 0.15) is 0 Å². The molecule has 0 bridgehead atoms. The van der Waals surface area contributed by atoms with E-state index in [0.717, 1.165) is 0 Å². The minimum atomic E-state index is -0.491. The van der Waals surface area contributed by atoms with Gasteiger partial charge in [0.2, 0.25) is 0 Å². The third kappa shape index (κ3) is 3.96. The highest BCUT2D eigenvalue weighted by Crippen LogP contribution is 1.78. The summed E-state index contributed by atoms with van der Waals surface area (Å²) < 4.78 is 0. The minimum absolute atomic E-state index is 0.491. The molecule has 0 aliphatic carbocycles. The molecule has 0 saturated carbocycles. The highest BCUT2D eigenvalue weighted by molar-refractivity contribution is 4.69. The molecule has 0 rings (SSSR count). The van der Waals surface area contributed by atoms with Gasteiger partial charge < -0.3 is 5.11 Å². The van der Waals surface area contributed by atoms with Crippen molar-refractivity contribution in [1.29, 1.82) is 0 Å². The molecule has 0 amide bonds. The monoisotopic (exact) mass is 72.1 g/mol. The normalized spacial score (nSPS) is 15.0. The topological polar surface area (TPSA) is 20.2 Å². The van der Waals surface area contributed by atoms with Crippen molar-refractivity contribution < 1.29 is 5.11 Å². The van der Waals surface area contributed by atoms with Gasteiger partial charge in [-0.2, -0.15) is 0 Å². The third-order valence-electron chi connectivity index (χ3n) is 0.385. The second-order valence-electron chi connectivity index (χ2n) is 0.901. The molecule has 1 N–H and O–H groups in total. The van der Waals surface area contributed by atoms with E-state index in [9.17, 15) is 0 Å². The summed E-state index contributed by atoms with van der Waals surface area (Å²) in [5.74, 6) is 0. The molecule has 1 unspecified atom stereocenters. The lowest BCUT2D eigenvalue weighted by atomic mass is 10.3. The van der Waals surface area contributed by atoms with Crippen LogP contribution in [0.2, 0.25) is 0 Å². The van der Waals surface area contributed by atoms with Crippen molar-refractivity contribution in [2.45, 2.75) is 13.0 Å². The maximum absolute atomic E-state index is 8.19. The van der Waals surface area contributed by atoms with Gasteiger partial charge in [-0.3, -0.25) is 0 Å². The fourth-order valence-electron chi connectivity index (χ4n) is 0. The SMILES string of the molecule is [CH2]C(O)[CH]C. The lowest BCUT2D eigenvalue weighted by molar-refractivity contribution is 0.253. The first-order chi connectivity index (χ1) is 2.27. The van der Waals surface area contributed by atoms with Gasteiger partial charge in [-0.15, -0.1) is 0 Å². The van der Waals surface area contributed by atoms with E-state index in [0.29, 0.717) is 0 Å². The maximum atomic E-state index is 8.19. The Kier molecular flexibility index (Phi) is 2.19. The van der Waals surface area contributed by atoms with Crippen molar-refractivity contribution in [3.05, 3.63) is 13.3 Å². The van der Waals surface area contributed by atoms with Crippen molar-refractivity contribution in [2.75, 3.05) is 0 Å². The van der Waals surface area contributed by atoms with Gasteiger partial charge >= 0.3 is 0 Å². The first-order valence-corrected chi connectivity index (χ1v) is 1.58. The van der Waals surface area contributed by atoms with E-state index in [1.54, 1.807) is 13.3 Å². The average molecular weight is 72.1 g/mol. The van der Waals surface area contributed by atoms with Crippen LogP contribution in [0.1, 0.15) is 6.92 Å². The summed E-state index contributed by atoms with van der Waals surface area (Å²) in [4.78, 5) is 0. The van der Waals surface area contributed by atoms with Crippen molar-refractivity contribution >= 4 is 0 Å². The zero-order valence-electron chi connectivity index (χ0n) is 3.31. The standard InChI is InChI=1S/C4H8O/c1-3-4(2)5/h3-5H,2H2,1H3. The Morgan fingerprint density at radius 2 is 2.20 bits per heavy atom. The Bertz CT molecular complexity index is 17.6. The third-order valence-corrected chi connectivity index (χ3v) is 0.385. The van der Waals surface area contributed by atoms with Gasteiger partial charge in [-0.1, -0.05) is 6.92 Å². The van der Waals surface area contributed by atoms with Crippen LogP contribution in [-0.2, 0) is 0 Å². The molecule has 0 aromatic heterocycles. The van der Waals surface area contributed by atoms with Crippen LogP contribution in [0.15, 0.2) is 0 Å². The zero-order valence-corrected chi connectivity index (χ0v) is 3.31. The number of hydrogen-bond donors (Lipinski definition) is 1. The lowest BCUT2D eigenvalue weighted by Crippen LogP contribution is -1.95. The Morgan fingerprint density at radius 3 is 2.20 bits per heavy atom. The molecule has 0 aliphatic heterocycles. The van der Waals surface area contributed by atoms with Crippen LogP contribution < -0.4 is 0 Å². The summed E-state index contributed by atoms with van der Waals surface area (Å²) in [5.41, 5.74) is 0. The Balaban J connectivity index is 2.54. The van der Waals surface area contributed by atoms with E-state index < -0.39 is 6.10 Å². The molecule has 0 aromatic carbocycles. The summed E-state index contributed by atoms with van der Waals surface area (Å²) in [6.45, 7) is 5.02. The van der Waals surface area contributed by atoms with Gasteiger partial charge in [-0.05, 0) is 13.3 Å². The second-order valence-corrected chi connectivity index (χ2v) is 0.901. The molecule has 2 radical (unpaired) electrons. The second kappa shape index (κ2) is 2.21. The summed E-state index contributed by atoms with van der Waals surface area (Å²) in [6.07, 6.45) is 1.12. The largest absolute Gasteiger partial charge is 0.393 e. The zero-order chi connectivity index (χ0) is 4.28. The van der Waals surface area contributed by atoms with Gasteiger partial charge in [0.05, 0.1) is 6.10 Å². The number of rotatable bonds is 1. The van der Waals surface area contributed by atoms with E-state index in [-0.39, 0.29) is 0 Å². The minimum Gasteiger partial charge on any atom is -0.393 e. The van der Waals surface area contributed by atoms with Crippen LogP contribution in [0.4, 0.5) is 0 Å². The Morgan fingerprint density at radius 1 is 2.00 bits per heavy atom. The molecular weight excluding hydrogens is 64.0 g/mol. The smallest absolute Gasteiger partial charge is 0.0570 e. The van der Waals surface area contributed by atoms with E-state index in [1.165, 1.54) is 0 Å². The summed E-state index contributed by atoms with van der Waals surface area (Å²) in [5, 5.41) is 8.19. The van der Waals surface area contributed by atoms with Gasteiger partial charge in [0.25, 0.3) is 0 Å². The lowest BCUT2D eigenvalue weighted by Gasteiger charge is -1.89. The number of hydrogen-bond acceptors (Lipinski definition) is 1. The molecule has 1 atom stereocenters. The molecule has 0 heterocycles. The van der Waals surface area contributed by atoms with Crippen molar-refractivity contribution in [2.24, 2.45) is 0 Å². The Labute approximate surface area is 32.6 Å². The molecule has 1 heteroatoms. The Hall–Kier alpha value is -0.0400. The highest BCUT2D eigenvalue weighted by atomic mass is 16.3. The van der Waals surface area contributed by atoms with Gasteiger partial charge in [-0.25, -0.2) is 0 Å². The van der Waals surface area contributed by atoms with Crippen LogP contribution in [0.25, 0.3) is 0 Å². The average Bonchev–Trinajstić information content (AvgIpc) is 1.38. The number of aliphatic hydroxyl groups is 1. The highest BCUT2D eigenvalue weighted by Gasteiger charge is 1.82. The van der Waals surface area contributed by atoms with Crippen LogP contribution in [0, 0.1) is 13.3 Å². The number of aliphatic hydroxyl groups excluding tert-OH is 1. The van der Waals surface area contributed by atoms with Crippen molar-refractivity contribution in [3.63, 3.8) is 0 Å². The van der Waals surface area contributed by atoms with E-state index >= 15 is 0 Å². The van der Waals surface area contributed by atoms with Crippen molar-refractivity contribution in [1.82, 2.24) is 0 Å². The predicted molar refractivity (Wildman–Crippen MR) is 21.3 cm³/mol. The summed E-state index contributed by atoms with van der Waals surface area (Å²) >= 11 is 0. The van der Waals surface area contributed by atoms with Crippen LogP contribution in [0.3, 0.4) is 0 Å². The van der Waals surface area contributed by atoms with Crippen molar-refractivity contribution in [3.8, 4) is 0 Å². The first kappa shape index (κ1) is 4.96. The first-order valence-electron chi connectivity index (χ1n) is 1.58.